The van der Waals surface area contributed by atoms with Crippen LogP contribution in [0.2, 0.25) is 0 Å². The summed E-state index contributed by atoms with van der Waals surface area (Å²) >= 11 is 0. The van der Waals surface area contributed by atoms with E-state index in [1.54, 1.807) is 7.11 Å². The molecule has 2 aromatic heterocycles. The van der Waals surface area contributed by atoms with Crippen LogP contribution >= 0.6 is 10.5 Å². The minimum absolute atomic E-state index is 0.223. The average Bonchev–Trinajstić information content (AvgIpc) is 3.27. The maximum Gasteiger partial charge on any atom is 0.172 e. The number of carbonyl (C=O) groups is 1. The highest BCUT2D eigenvalue weighted by Crippen LogP contribution is 2.40. The summed E-state index contributed by atoms with van der Waals surface area (Å²) in [4.78, 5) is 24.2. The van der Waals surface area contributed by atoms with Crippen molar-refractivity contribution < 1.29 is 9.53 Å². The van der Waals surface area contributed by atoms with Gasteiger partial charge < -0.3 is 14.6 Å². The molecule has 2 aliphatic rings. The number of hydrogen-bond donors (Lipinski definition) is 1. The molecule has 0 amide bonds. The summed E-state index contributed by atoms with van der Waals surface area (Å²) < 4.78 is 5.63. The van der Waals surface area contributed by atoms with Gasteiger partial charge >= 0.3 is 0 Å². The van der Waals surface area contributed by atoms with Crippen LogP contribution in [0, 0.1) is 5.41 Å². The molecule has 33 heavy (non-hydrogen) atoms. The number of nitrogens with one attached hydrogen (secondary N) is 1. The number of methoxy groups -OCH3 is 1. The third kappa shape index (κ3) is 4.33. The van der Waals surface area contributed by atoms with Gasteiger partial charge in [-0.15, -0.1) is 0 Å². The van der Waals surface area contributed by atoms with Crippen molar-refractivity contribution in [2.45, 2.75) is 39.0 Å². The molecule has 1 aromatic carbocycles. The Hall–Kier alpha value is -2.60. The molecule has 174 valence electrons. The zero-order valence-corrected chi connectivity index (χ0v) is 20.5. The van der Waals surface area contributed by atoms with Crippen LogP contribution in [0.5, 0.6) is 5.75 Å². The topological polar surface area (TPSA) is 58.2 Å². The van der Waals surface area contributed by atoms with Crippen LogP contribution < -0.4 is 9.64 Å². The molecule has 0 unspecified atom stereocenters. The number of rotatable bonds is 5. The maximum atomic E-state index is 13.5. The summed E-state index contributed by atoms with van der Waals surface area (Å²) in [5.41, 5.74) is 5.14. The lowest BCUT2D eigenvalue weighted by molar-refractivity contribution is 0.0751. The van der Waals surface area contributed by atoms with Crippen molar-refractivity contribution in [2.24, 2.45) is 5.41 Å². The molecular formula is C27H33N3O2S. The number of benzene rings is 1. The van der Waals surface area contributed by atoms with E-state index in [1.807, 2.05) is 24.4 Å². The third-order valence-corrected chi connectivity index (χ3v) is 8.88. The molecule has 1 aliphatic heterocycles. The van der Waals surface area contributed by atoms with E-state index in [0.717, 1.165) is 89.6 Å². The van der Waals surface area contributed by atoms with Crippen molar-refractivity contribution >= 4 is 38.9 Å². The Balaban J connectivity index is 1.52. The van der Waals surface area contributed by atoms with Crippen molar-refractivity contribution in [3.63, 3.8) is 0 Å². The minimum atomic E-state index is -0.283. The summed E-state index contributed by atoms with van der Waals surface area (Å²) in [5.74, 6) is 7.55. The predicted molar refractivity (Wildman–Crippen MR) is 140 cm³/mol. The summed E-state index contributed by atoms with van der Waals surface area (Å²) in [5, 5.41) is 0. The molecule has 0 spiro atoms. The van der Waals surface area contributed by atoms with E-state index in [2.05, 4.69) is 34.8 Å². The number of hydrogen-bond acceptors (Lipinski definition) is 4. The van der Waals surface area contributed by atoms with E-state index in [0.29, 0.717) is 0 Å². The molecule has 1 saturated heterocycles. The fraction of sp³-hybridized carbons (Fsp3) is 0.444. The van der Waals surface area contributed by atoms with E-state index >= 15 is 0 Å². The largest absolute Gasteiger partial charge is 0.497 e. The molecule has 0 bridgehead atoms. The first-order chi connectivity index (χ1) is 16.0. The molecule has 0 radical (unpaired) electrons. The first kappa shape index (κ1) is 22.2. The van der Waals surface area contributed by atoms with Crippen LogP contribution in [0.4, 0.5) is 5.69 Å². The second kappa shape index (κ2) is 8.98. The Bertz CT molecular complexity index is 1200. The van der Waals surface area contributed by atoms with Crippen molar-refractivity contribution in [1.82, 2.24) is 9.97 Å². The lowest BCUT2D eigenvalue weighted by Gasteiger charge is -2.31. The smallest absolute Gasteiger partial charge is 0.172 e. The Morgan fingerprint density at radius 1 is 1.15 bits per heavy atom. The highest BCUT2D eigenvalue weighted by atomic mass is 32.2. The van der Waals surface area contributed by atoms with Gasteiger partial charge in [0.1, 0.15) is 5.75 Å². The number of Topliss-reactive ketones (excluding diaryl/α,β-unsaturated/α-hetero) is 1. The zero-order chi connectivity index (χ0) is 23.0. The monoisotopic (exact) mass is 463 g/mol. The molecule has 1 N–H and O–H groups in total. The summed E-state index contributed by atoms with van der Waals surface area (Å²) in [6.45, 7) is 4.16. The fourth-order valence-electron chi connectivity index (χ4n) is 5.20. The summed E-state index contributed by atoms with van der Waals surface area (Å²) in [7, 11) is 1.98. The van der Waals surface area contributed by atoms with Crippen LogP contribution in [0.25, 0.3) is 22.3 Å². The Kier molecular flexibility index (Phi) is 6.04. The molecule has 2 fully saturated rings. The number of fused-ring (bicyclic) bond motifs is 1. The van der Waals surface area contributed by atoms with E-state index in [9.17, 15) is 4.79 Å². The summed E-state index contributed by atoms with van der Waals surface area (Å²) in [6, 6.07) is 10.4. The molecule has 5 nitrogen and oxygen atoms in total. The third-order valence-electron chi connectivity index (χ3n) is 7.36. The minimum Gasteiger partial charge on any atom is -0.497 e. The second-order valence-corrected chi connectivity index (χ2v) is 11.7. The quantitative estimate of drug-likeness (QED) is 0.377. The number of pyridine rings is 1. The molecule has 1 aliphatic carbocycles. The second-order valence-electron chi connectivity index (χ2n) is 9.67. The van der Waals surface area contributed by atoms with Crippen molar-refractivity contribution in [3.05, 3.63) is 42.1 Å². The molecular weight excluding hydrogens is 430 g/mol. The molecule has 5 rings (SSSR count). The lowest BCUT2D eigenvalue weighted by atomic mass is 9.71. The van der Waals surface area contributed by atoms with Gasteiger partial charge in [0, 0.05) is 53.5 Å². The standard InChI is InChI=1S/C27H33N3O2S/c1-27(9-5-4-6-10-27)26(31)22-18-28-24-8-7-23(29-25(22)24)19-15-20(17-21(16-19)32-2)30-11-13-33(3)14-12-30/h7-8,15-18,28H,3-6,9-14H2,1-2H3. The molecule has 3 heterocycles. The van der Waals surface area contributed by atoms with Crippen LogP contribution in [0.1, 0.15) is 49.4 Å². The normalized spacial score (nSPS) is 19.0. The number of nitrogens with zero attached hydrogens (tertiary/aromatic N) is 2. The maximum absolute atomic E-state index is 13.5. The Morgan fingerprint density at radius 3 is 2.64 bits per heavy atom. The Labute approximate surface area is 198 Å². The lowest BCUT2D eigenvalue weighted by Crippen LogP contribution is -2.33. The van der Waals surface area contributed by atoms with E-state index < -0.39 is 0 Å². The van der Waals surface area contributed by atoms with Gasteiger partial charge in [0.05, 0.1) is 29.4 Å². The Morgan fingerprint density at radius 2 is 1.91 bits per heavy atom. The number of H-pyrrole nitrogens is 1. The van der Waals surface area contributed by atoms with Gasteiger partial charge in [0.25, 0.3) is 0 Å². The van der Waals surface area contributed by atoms with Gasteiger partial charge in [-0.05, 0) is 37.1 Å². The number of ether oxygens (including phenoxy) is 1. The van der Waals surface area contributed by atoms with Gasteiger partial charge in [0.2, 0.25) is 0 Å². The number of anilines is 1. The number of aromatic amines is 1. The van der Waals surface area contributed by atoms with Gasteiger partial charge in [0.15, 0.2) is 5.78 Å². The average molecular weight is 464 g/mol. The predicted octanol–water partition coefficient (Wildman–Crippen LogP) is 5.91. The molecule has 0 atom stereocenters. The van der Waals surface area contributed by atoms with Crippen molar-refractivity contribution in [3.8, 4) is 17.0 Å². The fourth-order valence-corrected chi connectivity index (χ4v) is 6.36. The van der Waals surface area contributed by atoms with Crippen LogP contribution in [0.15, 0.2) is 36.5 Å². The molecule has 6 heteroatoms. The van der Waals surface area contributed by atoms with E-state index in [-0.39, 0.29) is 21.7 Å². The number of aromatic nitrogens is 2. The SMILES string of the molecule is C=S1CCN(c2cc(OC)cc(-c3ccc4[nH]cc(C(=O)C5(C)CCCCC5)c4n3)c2)CC1. The zero-order valence-electron chi connectivity index (χ0n) is 19.7. The summed E-state index contributed by atoms with van der Waals surface area (Å²) in [6.07, 6.45) is 7.25. The van der Waals surface area contributed by atoms with Gasteiger partial charge in [-0.3, -0.25) is 4.79 Å². The van der Waals surface area contributed by atoms with Gasteiger partial charge in [-0.25, -0.2) is 4.98 Å². The highest BCUT2D eigenvalue weighted by Gasteiger charge is 2.36. The van der Waals surface area contributed by atoms with Gasteiger partial charge in [-0.2, -0.15) is 10.5 Å². The van der Waals surface area contributed by atoms with Crippen LogP contribution in [-0.2, 0) is 0 Å². The first-order valence-corrected chi connectivity index (χ1v) is 13.6. The van der Waals surface area contributed by atoms with Crippen molar-refractivity contribution in [2.75, 3.05) is 36.6 Å². The first-order valence-electron chi connectivity index (χ1n) is 11.9. The highest BCUT2D eigenvalue weighted by molar-refractivity contribution is 8.14. The van der Waals surface area contributed by atoms with E-state index in [4.69, 9.17) is 9.72 Å². The van der Waals surface area contributed by atoms with Crippen LogP contribution in [0.3, 0.4) is 0 Å². The van der Waals surface area contributed by atoms with Gasteiger partial charge in [-0.1, -0.05) is 32.1 Å². The number of carbonyl (C=O) groups excluding carboxylic acids is 1. The molecule has 3 aromatic rings. The van der Waals surface area contributed by atoms with Crippen molar-refractivity contribution in [1.29, 1.82) is 0 Å². The van der Waals surface area contributed by atoms with Crippen LogP contribution in [-0.4, -0.2) is 53.3 Å². The van der Waals surface area contributed by atoms with E-state index in [1.165, 1.54) is 6.42 Å². The number of ketones is 1. The molecule has 1 saturated carbocycles.